The van der Waals surface area contributed by atoms with E-state index in [1.165, 1.54) is 30.3 Å². The maximum atomic E-state index is 12.9. The zero-order valence-electron chi connectivity index (χ0n) is 27.8. The second-order valence-electron chi connectivity index (χ2n) is 11.2. The van der Waals surface area contributed by atoms with Gasteiger partial charge in [-0.15, -0.1) is 0 Å². The molecule has 0 aliphatic rings. The molecular weight excluding hydrogens is 781 g/mol. The number of rotatable bonds is 12. The van der Waals surface area contributed by atoms with Crippen molar-refractivity contribution in [2.24, 2.45) is 20.5 Å². The molecule has 0 radical (unpaired) electrons. The Balaban J connectivity index is 1.40. The summed E-state index contributed by atoms with van der Waals surface area (Å²) in [5.74, 6) is -3.91. The summed E-state index contributed by atoms with van der Waals surface area (Å²) in [6.45, 7) is 0. The van der Waals surface area contributed by atoms with Crippen molar-refractivity contribution in [2.75, 3.05) is 0 Å². The molecule has 56 heavy (non-hydrogen) atoms. The number of hydrogen-bond acceptors (Lipinski definition) is 14. The number of nitrogens with zero attached hydrogens (tertiary/aromatic N) is 6. The molecule has 0 aliphatic heterocycles. The lowest BCUT2D eigenvalue weighted by Gasteiger charge is -2.07. The van der Waals surface area contributed by atoms with Crippen LogP contribution in [0.25, 0.3) is 12.2 Å². The van der Waals surface area contributed by atoms with E-state index in [0.717, 1.165) is 78.9 Å². The standard InChI is InChI=1S/C34H24N6O14S2/c41-29-13-9-23(15-27(29)33(43)44)36-35-21-5-7-22(8-6-21)37-39(47)25-11-3-19(31(17-25)55(49,50)51)1-2-20-4-12-26(18-32(20)56(52,53)54)40(48)38-24-10-14-30(42)28(16-24)34(45)46/h1-18,41-42H,(H,43,44)(H,45,46)(H,49,50,51)(H,52,53,54). The molecule has 0 bridgehead atoms. The summed E-state index contributed by atoms with van der Waals surface area (Å²) in [4.78, 5) is 20.8. The zero-order chi connectivity index (χ0) is 40.9. The van der Waals surface area contributed by atoms with Gasteiger partial charge in [0.15, 0.2) is 0 Å². The molecule has 0 unspecified atom stereocenters. The maximum absolute atomic E-state index is 12.9. The van der Waals surface area contributed by atoms with Gasteiger partial charge in [-0.25, -0.2) is 9.59 Å². The molecule has 5 rings (SSSR count). The van der Waals surface area contributed by atoms with Gasteiger partial charge < -0.3 is 30.8 Å². The highest BCUT2D eigenvalue weighted by atomic mass is 32.2. The Morgan fingerprint density at radius 2 is 0.911 bits per heavy atom. The molecule has 0 aromatic heterocycles. The van der Waals surface area contributed by atoms with Crippen LogP contribution in [-0.4, -0.2) is 68.0 Å². The van der Waals surface area contributed by atoms with Crippen LogP contribution < -0.4 is 0 Å². The third-order valence-corrected chi connectivity index (χ3v) is 9.22. The second-order valence-corrected chi connectivity index (χ2v) is 14.0. The molecule has 0 spiro atoms. The van der Waals surface area contributed by atoms with Gasteiger partial charge in [0.2, 0.25) is 11.4 Å². The first-order valence-corrected chi connectivity index (χ1v) is 18.1. The van der Waals surface area contributed by atoms with E-state index in [9.17, 15) is 61.3 Å². The van der Waals surface area contributed by atoms with E-state index in [1.807, 2.05) is 0 Å². The van der Waals surface area contributed by atoms with Gasteiger partial charge in [-0.1, -0.05) is 21.9 Å². The quantitative estimate of drug-likeness (QED) is 0.0235. The number of carbonyl (C=O) groups is 2. The first-order valence-electron chi connectivity index (χ1n) is 15.2. The Labute approximate surface area is 314 Å². The highest BCUT2D eigenvalue weighted by Crippen LogP contribution is 2.31. The lowest BCUT2D eigenvalue weighted by molar-refractivity contribution is -0.435. The van der Waals surface area contributed by atoms with Crippen molar-refractivity contribution in [1.29, 1.82) is 0 Å². The molecule has 0 amide bonds. The Morgan fingerprint density at radius 1 is 0.536 bits per heavy atom. The number of aromatic carboxylic acids is 2. The van der Waals surface area contributed by atoms with E-state index in [-0.39, 0.29) is 54.8 Å². The molecule has 22 heteroatoms. The molecule has 20 nitrogen and oxygen atoms in total. The Kier molecular flexibility index (Phi) is 11.3. The van der Waals surface area contributed by atoms with Gasteiger partial charge in [-0.2, -0.15) is 27.1 Å². The number of carboxylic acids is 2. The summed E-state index contributed by atoms with van der Waals surface area (Å²) < 4.78 is 69.0. The molecular formula is C34H24N6O14S2. The Morgan fingerprint density at radius 3 is 1.36 bits per heavy atom. The lowest BCUT2D eigenvalue weighted by Crippen LogP contribution is -2.03. The number of benzene rings is 5. The molecule has 6 N–H and O–H groups in total. The molecule has 5 aromatic rings. The largest absolute Gasteiger partial charge is 0.594 e. The first kappa shape index (κ1) is 39.8. The first-order chi connectivity index (χ1) is 26.3. The molecule has 286 valence electrons. The lowest BCUT2D eigenvalue weighted by atomic mass is 10.1. The average molecular weight is 805 g/mol. The molecule has 0 saturated carbocycles. The second kappa shape index (κ2) is 15.9. The van der Waals surface area contributed by atoms with E-state index in [4.69, 9.17) is 5.11 Å². The minimum Gasteiger partial charge on any atom is -0.594 e. The van der Waals surface area contributed by atoms with Crippen LogP contribution in [-0.2, 0) is 20.2 Å². The summed E-state index contributed by atoms with van der Waals surface area (Å²) in [5.41, 5.74) is -1.97. The van der Waals surface area contributed by atoms with Crippen molar-refractivity contribution < 1.29 is 65.7 Å². The van der Waals surface area contributed by atoms with Crippen LogP contribution in [0, 0.1) is 10.4 Å². The number of carboxylic acid groups (broad SMARTS) is 2. The van der Waals surface area contributed by atoms with E-state index in [1.54, 1.807) is 0 Å². The van der Waals surface area contributed by atoms with Crippen LogP contribution in [0.15, 0.2) is 127 Å². The van der Waals surface area contributed by atoms with Crippen molar-refractivity contribution >= 4 is 78.5 Å². The zero-order valence-corrected chi connectivity index (χ0v) is 29.5. The van der Waals surface area contributed by atoms with E-state index in [0.29, 0.717) is 0 Å². The number of aromatic hydroxyl groups is 2. The van der Waals surface area contributed by atoms with Crippen molar-refractivity contribution in [2.45, 2.75) is 9.79 Å². The number of hydrogen-bond donors (Lipinski definition) is 6. The van der Waals surface area contributed by atoms with Crippen LogP contribution in [0.2, 0.25) is 0 Å². The SMILES string of the molecule is O=C(O)c1cc(N=Nc2ccc(N=[N+]([O-])c3ccc(C=Cc4ccc([N+]([O-])=Nc5ccc(O)c(C(=O)O)c5)cc4S(=O)(=O)O)c(S(=O)(=O)O)c3)cc2)ccc1O. The third kappa shape index (κ3) is 9.57. The highest BCUT2D eigenvalue weighted by molar-refractivity contribution is 7.86. The van der Waals surface area contributed by atoms with Crippen LogP contribution in [0.3, 0.4) is 0 Å². The monoisotopic (exact) mass is 804 g/mol. The summed E-state index contributed by atoms with van der Waals surface area (Å²) in [6.07, 6.45) is 2.08. The topological polar surface area (TPSA) is 325 Å². The highest BCUT2D eigenvalue weighted by Gasteiger charge is 2.21. The summed E-state index contributed by atoms with van der Waals surface area (Å²) >= 11 is 0. The summed E-state index contributed by atoms with van der Waals surface area (Å²) in [7, 11) is -10.1. The molecule has 0 aliphatic carbocycles. The fraction of sp³-hybridized carbons (Fsp3) is 0. The molecule has 0 atom stereocenters. The third-order valence-electron chi connectivity index (χ3n) is 7.40. The predicted molar refractivity (Wildman–Crippen MR) is 193 cm³/mol. The molecule has 0 heterocycles. The summed E-state index contributed by atoms with van der Waals surface area (Å²) in [6, 6.07) is 18.0. The van der Waals surface area contributed by atoms with Crippen LogP contribution in [0.5, 0.6) is 11.5 Å². The predicted octanol–water partition coefficient (Wildman–Crippen LogP) is 7.42. The normalized spacial score (nSPS) is 12.7. The average Bonchev–Trinajstić information content (AvgIpc) is 3.13. The van der Waals surface area contributed by atoms with Gasteiger partial charge in [0, 0.05) is 34.5 Å². The minimum atomic E-state index is -5.04. The Hall–Kier alpha value is -7.40. The maximum Gasteiger partial charge on any atom is 0.339 e. The van der Waals surface area contributed by atoms with E-state index < -0.39 is 64.7 Å². The van der Waals surface area contributed by atoms with Crippen LogP contribution in [0.1, 0.15) is 31.8 Å². The van der Waals surface area contributed by atoms with Crippen molar-refractivity contribution in [3.05, 3.63) is 130 Å². The minimum absolute atomic E-state index is 0.0537. The van der Waals surface area contributed by atoms with Crippen molar-refractivity contribution in [1.82, 2.24) is 0 Å². The van der Waals surface area contributed by atoms with Crippen molar-refractivity contribution in [3.8, 4) is 11.5 Å². The Bertz CT molecular complexity index is 2750. The van der Waals surface area contributed by atoms with Gasteiger partial charge in [0.25, 0.3) is 20.2 Å². The number of phenols is 2. The van der Waals surface area contributed by atoms with Crippen LogP contribution in [0.4, 0.5) is 34.1 Å². The van der Waals surface area contributed by atoms with Gasteiger partial charge in [-0.3, -0.25) is 9.11 Å². The van der Waals surface area contributed by atoms with Crippen molar-refractivity contribution in [3.63, 3.8) is 0 Å². The fourth-order valence-corrected chi connectivity index (χ4v) is 6.13. The smallest absolute Gasteiger partial charge is 0.339 e. The van der Waals surface area contributed by atoms with Gasteiger partial charge >= 0.3 is 11.9 Å². The van der Waals surface area contributed by atoms with E-state index >= 15 is 0 Å². The van der Waals surface area contributed by atoms with E-state index in [2.05, 4.69) is 20.5 Å². The van der Waals surface area contributed by atoms with Gasteiger partial charge in [0.05, 0.1) is 11.4 Å². The van der Waals surface area contributed by atoms with Gasteiger partial charge in [-0.05, 0) is 83.9 Å². The van der Waals surface area contributed by atoms with Crippen LogP contribution >= 0.6 is 0 Å². The van der Waals surface area contributed by atoms with Gasteiger partial charge in [0.1, 0.15) is 43.8 Å². The molecule has 0 saturated heterocycles. The number of azo groups is 3. The fourth-order valence-electron chi connectivity index (χ4n) is 4.73. The molecule has 0 fully saturated rings. The molecule has 5 aromatic carbocycles. The summed E-state index contributed by atoms with van der Waals surface area (Å²) in [5, 5.41) is 78.5.